The average Bonchev–Trinajstić information content (AvgIpc) is 2.94. The van der Waals surface area contributed by atoms with Gasteiger partial charge in [-0.25, -0.2) is 4.98 Å². The molecule has 0 aliphatic carbocycles. The SMILES string of the molecule is CCc1ccccc1NC(=O)[C@H](C)SCc1nc2sc(C)c(C)c2c(=O)[nH]1. The van der Waals surface area contributed by atoms with Gasteiger partial charge >= 0.3 is 0 Å². The molecule has 5 nitrogen and oxygen atoms in total. The number of rotatable bonds is 6. The molecule has 0 aliphatic heterocycles. The van der Waals surface area contributed by atoms with E-state index in [1.165, 1.54) is 23.1 Å². The van der Waals surface area contributed by atoms with E-state index in [4.69, 9.17) is 0 Å². The van der Waals surface area contributed by atoms with Crippen LogP contribution in [0.15, 0.2) is 29.1 Å². The fourth-order valence-electron chi connectivity index (χ4n) is 2.83. The third kappa shape index (κ3) is 4.25. The van der Waals surface area contributed by atoms with E-state index in [-0.39, 0.29) is 16.7 Å². The largest absolute Gasteiger partial charge is 0.325 e. The van der Waals surface area contributed by atoms with Crippen molar-refractivity contribution in [3.8, 4) is 0 Å². The predicted octanol–water partition coefficient (Wildman–Crippen LogP) is 4.42. The van der Waals surface area contributed by atoms with Crippen molar-refractivity contribution in [2.24, 2.45) is 0 Å². The standard InChI is InChI=1S/C20H23N3O2S2/c1-5-14-8-6-7-9-15(14)21-18(24)13(4)26-10-16-22-19(25)17-11(2)12(3)27-20(17)23-16/h6-9,13H,5,10H2,1-4H3,(H,21,24)(H,22,23,25)/t13-/m0/s1. The van der Waals surface area contributed by atoms with Gasteiger partial charge in [-0.3, -0.25) is 9.59 Å². The Labute approximate surface area is 166 Å². The minimum Gasteiger partial charge on any atom is -0.325 e. The topological polar surface area (TPSA) is 74.8 Å². The molecule has 1 atom stereocenters. The summed E-state index contributed by atoms with van der Waals surface area (Å²) in [5, 5.41) is 3.41. The van der Waals surface area contributed by atoms with E-state index in [2.05, 4.69) is 22.2 Å². The second-order valence-corrected chi connectivity index (χ2v) is 8.96. The Hall–Kier alpha value is -2.12. The second-order valence-electron chi connectivity index (χ2n) is 6.43. The first-order valence-electron chi connectivity index (χ1n) is 8.90. The van der Waals surface area contributed by atoms with Crippen LogP contribution < -0.4 is 10.9 Å². The molecule has 0 unspecified atom stereocenters. The number of aromatic amines is 1. The van der Waals surface area contributed by atoms with E-state index in [0.717, 1.165) is 32.9 Å². The van der Waals surface area contributed by atoms with Crippen molar-refractivity contribution < 1.29 is 4.79 Å². The number of hydrogen-bond donors (Lipinski definition) is 2. The van der Waals surface area contributed by atoms with E-state index in [1.54, 1.807) is 0 Å². The summed E-state index contributed by atoms with van der Waals surface area (Å²) in [7, 11) is 0. The molecule has 27 heavy (non-hydrogen) atoms. The summed E-state index contributed by atoms with van der Waals surface area (Å²) in [4.78, 5) is 34.1. The number of H-pyrrole nitrogens is 1. The number of hydrogen-bond acceptors (Lipinski definition) is 5. The van der Waals surface area contributed by atoms with Crippen LogP contribution in [0.2, 0.25) is 0 Å². The molecule has 7 heteroatoms. The maximum atomic E-state index is 12.5. The number of thiophene rings is 1. The summed E-state index contributed by atoms with van der Waals surface area (Å²) in [6.45, 7) is 7.87. The smallest absolute Gasteiger partial charge is 0.259 e. The predicted molar refractivity (Wildman–Crippen MR) is 115 cm³/mol. The number of para-hydroxylation sites is 1. The second kappa shape index (κ2) is 8.27. The van der Waals surface area contributed by atoms with E-state index >= 15 is 0 Å². The van der Waals surface area contributed by atoms with Gasteiger partial charge in [0.25, 0.3) is 5.56 Å². The number of benzene rings is 1. The number of nitrogens with one attached hydrogen (secondary N) is 2. The van der Waals surface area contributed by atoms with E-state index in [1.807, 2.05) is 45.0 Å². The molecule has 0 bridgehead atoms. The van der Waals surface area contributed by atoms with Crippen molar-refractivity contribution in [3.63, 3.8) is 0 Å². The van der Waals surface area contributed by atoms with Gasteiger partial charge in [0.05, 0.1) is 16.4 Å². The number of nitrogens with zero attached hydrogens (tertiary/aromatic N) is 1. The number of aryl methyl sites for hydroxylation is 3. The fourth-order valence-corrected chi connectivity index (χ4v) is 4.64. The Balaban J connectivity index is 1.68. The molecule has 0 spiro atoms. The maximum Gasteiger partial charge on any atom is 0.259 e. The molecular weight excluding hydrogens is 378 g/mol. The zero-order valence-electron chi connectivity index (χ0n) is 15.9. The summed E-state index contributed by atoms with van der Waals surface area (Å²) >= 11 is 2.99. The molecule has 3 aromatic rings. The summed E-state index contributed by atoms with van der Waals surface area (Å²) in [6.07, 6.45) is 0.864. The summed E-state index contributed by atoms with van der Waals surface area (Å²) < 4.78 is 0. The molecule has 0 saturated carbocycles. The van der Waals surface area contributed by atoms with Crippen molar-refractivity contribution >= 4 is 44.9 Å². The lowest BCUT2D eigenvalue weighted by Gasteiger charge is -2.14. The van der Waals surface area contributed by atoms with Gasteiger partial charge in [0.15, 0.2) is 0 Å². The Morgan fingerprint density at radius 2 is 2.07 bits per heavy atom. The molecule has 142 valence electrons. The zero-order valence-corrected chi connectivity index (χ0v) is 17.5. The average molecular weight is 402 g/mol. The van der Waals surface area contributed by atoms with Gasteiger partial charge in [-0.1, -0.05) is 25.1 Å². The first kappa shape index (κ1) is 19.6. The monoisotopic (exact) mass is 401 g/mol. The van der Waals surface area contributed by atoms with Gasteiger partial charge in [0.1, 0.15) is 10.7 Å². The summed E-state index contributed by atoms with van der Waals surface area (Å²) in [6, 6.07) is 7.82. The van der Waals surface area contributed by atoms with Crippen LogP contribution in [0.5, 0.6) is 0 Å². The molecule has 2 heterocycles. The highest BCUT2D eigenvalue weighted by Gasteiger charge is 2.17. The normalized spacial score (nSPS) is 12.3. The van der Waals surface area contributed by atoms with Crippen LogP contribution in [0.3, 0.4) is 0 Å². The Bertz CT molecular complexity index is 1040. The van der Waals surface area contributed by atoms with Gasteiger partial charge in [-0.15, -0.1) is 23.1 Å². The van der Waals surface area contributed by atoms with E-state index < -0.39 is 0 Å². The lowest BCUT2D eigenvalue weighted by atomic mass is 10.1. The van der Waals surface area contributed by atoms with Crippen LogP contribution in [-0.4, -0.2) is 21.1 Å². The Morgan fingerprint density at radius 1 is 1.33 bits per heavy atom. The summed E-state index contributed by atoms with van der Waals surface area (Å²) in [5.41, 5.74) is 2.86. The number of anilines is 1. The van der Waals surface area contributed by atoms with Gasteiger partial charge in [-0.05, 0) is 44.4 Å². The van der Waals surface area contributed by atoms with Crippen LogP contribution >= 0.6 is 23.1 Å². The van der Waals surface area contributed by atoms with Gasteiger partial charge in [-0.2, -0.15) is 0 Å². The molecule has 0 saturated heterocycles. The number of fused-ring (bicyclic) bond motifs is 1. The molecule has 0 radical (unpaired) electrons. The van der Waals surface area contributed by atoms with Crippen LogP contribution in [-0.2, 0) is 17.0 Å². The minimum atomic E-state index is -0.261. The van der Waals surface area contributed by atoms with Crippen LogP contribution in [0, 0.1) is 13.8 Å². The van der Waals surface area contributed by atoms with Gasteiger partial charge in [0, 0.05) is 10.6 Å². The zero-order chi connectivity index (χ0) is 19.6. The number of aromatic nitrogens is 2. The third-order valence-corrected chi connectivity index (χ3v) is 6.84. The quantitative estimate of drug-likeness (QED) is 0.641. The van der Waals surface area contributed by atoms with Crippen LogP contribution in [0.25, 0.3) is 10.2 Å². The van der Waals surface area contributed by atoms with Crippen molar-refractivity contribution in [2.45, 2.75) is 45.1 Å². The third-order valence-electron chi connectivity index (χ3n) is 4.58. The molecule has 2 N–H and O–H groups in total. The van der Waals surface area contributed by atoms with Crippen LogP contribution in [0.1, 0.15) is 35.7 Å². The highest BCUT2D eigenvalue weighted by Crippen LogP contribution is 2.26. The molecule has 1 aromatic carbocycles. The molecule has 3 rings (SSSR count). The number of thioether (sulfide) groups is 1. The molecular formula is C20H23N3O2S2. The highest BCUT2D eigenvalue weighted by atomic mass is 32.2. The van der Waals surface area contributed by atoms with Gasteiger partial charge in [0.2, 0.25) is 5.91 Å². The highest BCUT2D eigenvalue weighted by molar-refractivity contribution is 7.99. The lowest BCUT2D eigenvalue weighted by molar-refractivity contribution is -0.115. The molecule has 0 fully saturated rings. The summed E-state index contributed by atoms with van der Waals surface area (Å²) in [5.74, 6) is 1.03. The fraction of sp³-hybridized carbons (Fsp3) is 0.350. The first-order valence-corrected chi connectivity index (χ1v) is 10.8. The lowest BCUT2D eigenvalue weighted by Crippen LogP contribution is -2.23. The van der Waals surface area contributed by atoms with Crippen molar-refractivity contribution in [2.75, 3.05) is 5.32 Å². The van der Waals surface area contributed by atoms with Crippen molar-refractivity contribution in [3.05, 3.63) is 56.4 Å². The molecule has 0 aliphatic rings. The van der Waals surface area contributed by atoms with Crippen molar-refractivity contribution in [1.82, 2.24) is 9.97 Å². The Kier molecular flexibility index (Phi) is 6.01. The van der Waals surface area contributed by atoms with Gasteiger partial charge < -0.3 is 10.3 Å². The Morgan fingerprint density at radius 3 is 2.81 bits per heavy atom. The molecule has 1 amide bonds. The number of carbonyl (C=O) groups is 1. The molecule has 2 aromatic heterocycles. The number of amides is 1. The van der Waals surface area contributed by atoms with E-state index in [0.29, 0.717) is 17.0 Å². The van der Waals surface area contributed by atoms with Crippen LogP contribution in [0.4, 0.5) is 5.69 Å². The maximum absolute atomic E-state index is 12.5. The minimum absolute atomic E-state index is 0.0489. The van der Waals surface area contributed by atoms with E-state index in [9.17, 15) is 9.59 Å². The number of carbonyl (C=O) groups excluding carboxylic acids is 1. The van der Waals surface area contributed by atoms with Crippen molar-refractivity contribution in [1.29, 1.82) is 0 Å². The first-order chi connectivity index (χ1) is 12.9.